The SMILES string of the molecule is c1ccc([Si](c2ccccc2)(c2ccccc2)c2cc(-n3c4ccccc4c4cc(N5c6ccccc6[Si](c6ccccc6)(c6ccccc6)c6ccccc65)ccc43)cc([Si](c3ccccc3)(c3ccccc3)c3ccccc3)c2)cc1. The molecule has 14 aromatic rings. The van der Waals surface area contributed by atoms with Gasteiger partial charge in [-0.3, -0.25) is 0 Å². The van der Waals surface area contributed by atoms with Crippen molar-refractivity contribution in [2.75, 3.05) is 4.90 Å². The second-order valence-corrected chi connectivity index (χ2v) is 33.2. The third-order valence-electron chi connectivity index (χ3n) is 17.7. The summed E-state index contributed by atoms with van der Waals surface area (Å²) in [7, 11) is -9.11. The molecule has 2 nitrogen and oxygen atoms in total. The first-order chi connectivity index (χ1) is 41.2. The Morgan fingerprint density at radius 1 is 0.229 bits per heavy atom. The summed E-state index contributed by atoms with van der Waals surface area (Å²) >= 11 is 0. The topological polar surface area (TPSA) is 8.17 Å². The predicted molar refractivity (Wildman–Crippen MR) is 360 cm³/mol. The van der Waals surface area contributed by atoms with Crippen molar-refractivity contribution in [3.63, 3.8) is 0 Å². The number of aromatic nitrogens is 1. The molecule has 15 rings (SSSR count). The number of para-hydroxylation sites is 3. The van der Waals surface area contributed by atoms with Gasteiger partial charge in [0.15, 0.2) is 24.2 Å². The fraction of sp³-hybridized carbons (Fsp3) is 0. The van der Waals surface area contributed by atoms with Crippen LogP contribution in [0.25, 0.3) is 27.5 Å². The van der Waals surface area contributed by atoms with Crippen molar-refractivity contribution in [2.45, 2.75) is 0 Å². The zero-order valence-electron chi connectivity index (χ0n) is 45.9. The van der Waals surface area contributed by atoms with Gasteiger partial charge in [-0.2, -0.15) is 0 Å². The third kappa shape index (κ3) is 7.88. The van der Waals surface area contributed by atoms with Crippen molar-refractivity contribution >= 4 is 125 Å². The lowest BCUT2D eigenvalue weighted by molar-refractivity contribution is 1.18. The fourth-order valence-corrected chi connectivity index (χ4v) is 29.2. The molecule has 392 valence electrons. The molecule has 0 aliphatic carbocycles. The Morgan fingerprint density at radius 3 is 0.952 bits per heavy atom. The maximum Gasteiger partial charge on any atom is 0.184 e. The summed E-state index contributed by atoms with van der Waals surface area (Å²) in [6, 6.07) is 134. The van der Waals surface area contributed by atoms with Gasteiger partial charge in [0, 0.05) is 33.5 Å². The monoisotopic (exact) mass is 1110 g/mol. The first kappa shape index (κ1) is 50.1. The summed E-state index contributed by atoms with van der Waals surface area (Å²) in [5.41, 5.74) is 7.04. The van der Waals surface area contributed by atoms with Gasteiger partial charge in [-0.1, -0.05) is 303 Å². The molecule has 83 heavy (non-hydrogen) atoms. The molecule has 0 fully saturated rings. The lowest BCUT2D eigenvalue weighted by Gasteiger charge is -2.45. The number of hydrogen-bond donors (Lipinski definition) is 0. The van der Waals surface area contributed by atoms with Crippen LogP contribution in [0.1, 0.15) is 0 Å². The molecule has 0 spiro atoms. The molecule has 0 N–H and O–H groups in total. The van der Waals surface area contributed by atoms with E-state index >= 15 is 0 Å². The third-order valence-corrected chi connectivity index (χ3v) is 32.1. The molecule has 1 aliphatic rings. The minimum atomic E-state index is -3.15. The molecule has 1 aromatic heterocycles. The summed E-state index contributed by atoms with van der Waals surface area (Å²) in [6.45, 7) is 0. The smallest absolute Gasteiger partial charge is 0.184 e. The Morgan fingerprint density at radius 2 is 0.554 bits per heavy atom. The van der Waals surface area contributed by atoms with Gasteiger partial charge in [-0.05, 0) is 111 Å². The van der Waals surface area contributed by atoms with Gasteiger partial charge in [-0.15, -0.1) is 0 Å². The molecule has 0 amide bonds. The minimum Gasteiger partial charge on any atom is -0.311 e. The highest BCUT2D eigenvalue weighted by Gasteiger charge is 2.49. The van der Waals surface area contributed by atoms with E-state index < -0.39 is 24.2 Å². The molecule has 0 atom stereocenters. The Bertz CT molecular complexity index is 4170. The lowest BCUT2D eigenvalue weighted by atomic mass is 10.1. The molecule has 0 radical (unpaired) electrons. The summed E-state index contributed by atoms with van der Waals surface area (Å²) in [4.78, 5) is 2.55. The summed E-state index contributed by atoms with van der Waals surface area (Å²) in [5.74, 6) is 0. The molecule has 13 aromatic carbocycles. The first-order valence-corrected chi connectivity index (χ1v) is 34.8. The highest BCUT2D eigenvalue weighted by Crippen LogP contribution is 2.42. The van der Waals surface area contributed by atoms with Crippen LogP contribution in [-0.4, -0.2) is 28.8 Å². The Labute approximate surface area is 489 Å². The van der Waals surface area contributed by atoms with Crippen molar-refractivity contribution in [1.82, 2.24) is 4.57 Å². The van der Waals surface area contributed by atoms with Crippen LogP contribution in [0.15, 0.2) is 352 Å². The highest BCUT2D eigenvalue weighted by atomic mass is 28.3. The van der Waals surface area contributed by atoms with Crippen LogP contribution in [0, 0.1) is 0 Å². The van der Waals surface area contributed by atoms with Gasteiger partial charge in [0.05, 0.1) is 11.0 Å². The average molecular weight is 1110 g/mol. The second kappa shape index (κ2) is 20.9. The van der Waals surface area contributed by atoms with Crippen molar-refractivity contribution in [3.8, 4) is 5.69 Å². The van der Waals surface area contributed by atoms with Crippen LogP contribution in [-0.2, 0) is 0 Å². The maximum atomic E-state index is 2.66. The van der Waals surface area contributed by atoms with Gasteiger partial charge >= 0.3 is 0 Å². The van der Waals surface area contributed by atoms with Crippen LogP contribution in [0.5, 0.6) is 0 Å². The Kier molecular flexibility index (Phi) is 12.6. The number of hydrogen-bond acceptors (Lipinski definition) is 1. The van der Waals surface area contributed by atoms with Crippen LogP contribution in [0.3, 0.4) is 0 Å². The molecule has 0 saturated carbocycles. The molecule has 0 unspecified atom stereocenters. The van der Waals surface area contributed by atoms with E-state index in [1.807, 2.05) is 0 Å². The van der Waals surface area contributed by atoms with E-state index in [0.717, 1.165) is 16.9 Å². The van der Waals surface area contributed by atoms with E-state index in [1.54, 1.807) is 0 Å². The molecular formula is C78H58N2Si3. The van der Waals surface area contributed by atoms with E-state index in [1.165, 1.54) is 89.9 Å². The van der Waals surface area contributed by atoms with E-state index in [0.29, 0.717) is 0 Å². The van der Waals surface area contributed by atoms with Crippen molar-refractivity contribution in [3.05, 3.63) is 352 Å². The maximum absolute atomic E-state index is 3.15. The standard InChI is InChI=1S/C78H58N2Si3/c1-9-31-61(32-10-1)81(62-33-11-2-12-34-62,63-35-13-3-14-36-63)69-55-60(56-70(58-69)82(64-37-15-4-16-38-64,65-39-17-5-18-40-65)66-41-19-6-20-42-66)80-73-48-26-25-47-71(73)72-57-59(53-54-74(72)80)79-75-49-27-29-51-77(75)83(67-43-21-7-22-44-67,68-45-23-8-24-46-68)78-52-30-28-50-76(78)79/h1-58H. The summed E-state index contributed by atoms with van der Waals surface area (Å²) < 4.78 is 2.59. The summed E-state index contributed by atoms with van der Waals surface area (Å²) in [6.07, 6.45) is 0. The van der Waals surface area contributed by atoms with Gasteiger partial charge in [0.25, 0.3) is 0 Å². The summed E-state index contributed by atoms with van der Waals surface area (Å²) in [5, 5.41) is 18.6. The largest absolute Gasteiger partial charge is 0.311 e. The second-order valence-electron chi connectivity index (χ2n) is 21.9. The van der Waals surface area contributed by atoms with Crippen molar-refractivity contribution < 1.29 is 0 Å². The molecule has 0 bridgehead atoms. The number of nitrogens with zero attached hydrogens (tertiary/aromatic N) is 2. The highest BCUT2D eigenvalue weighted by molar-refractivity contribution is 7.22. The average Bonchev–Trinajstić information content (AvgIpc) is 1.72. The molecule has 1 aliphatic heterocycles. The van der Waals surface area contributed by atoms with Crippen molar-refractivity contribution in [1.29, 1.82) is 0 Å². The van der Waals surface area contributed by atoms with Crippen LogP contribution < -0.4 is 67.1 Å². The normalized spacial score (nSPS) is 12.9. The van der Waals surface area contributed by atoms with Gasteiger partial charge in [-0.25, -0.2) is 0 Å². The minimum absolute atomic E-state index is 1.13. The molecule has 0 saturated heterocycles. The van der Waals surface area contributed by atoms with E-state index in [9.17, 15) is 0 Å². The lowest BCUT2D eigenvalue weighted by Crippen LogP contribution is -2.78. The van der Waals surface area contributed by atoms with Gasteiger partial charge < -0.3 is 9.47 Å². The Hall–Kier alpha value is -9.89. The van der Waals surface area contributed by atoms with E-state index in [-0.39, 0.29) is 0 Å². The Balaban J connectivity index is 1.04. The number of fused-ring (bicyclic) bond motifs is 5. The quantitative estimate of drug-likeness (QED) is 0.0874. The zero-order chi connectivity index (χ0) is 55.2. The van der Waals surface area contributed by atoms with Crippen LogP contribution in [0.2, 0.25) is 0 Å². The molecule has 2 heterocycles. The fourth-order valence-electron chi connectivity index (χ4n) is 14.4. The van der Waals surface area contributed by atoms with Gasteiger partial charge in [0.1, 0.15) is 0 Å². The molecular weight excluding hydrogens is 1050 g/mol. The number of anilines is 3. The van der Waals surface area contributed by atoms with Crippen molar-refractivity contribution in [2.24, 2.45) is 0 Å². The van der Waals surface area contributed by atoms with E-state index in [2.05, 4.69) is 361 Å². The van der Waals surface area contributed by atoms with Gasteiger partial charge in [0.2, 0.25) is 0 Å². The van der Waals surface area contributed by atoms with E-state index in [4.69, 9.17) is 0 Å². The number of benzene rings is 13. The first-order valence-electron chi connectivity index (χ1n) is 28.8. The van der Waals surface area contributed by atoms with Crippen LogP contribution >= 0.6 is 0 Å². The van der Waals surface area contributed by atoms with Crippen LogP contribution in [0.4, 0.5) is 17.1 Å². The number of rotatable bonds is 12. The zero-order valence-corrected chi connectivity index (χ0v) is 48.9. The molecule has 5 heteroatoms. The predicted octanol–water partition coefficient (Wildman–Crippen LogP) is 10.7.